The van der Waals surface area contributed by atoms with Crippen molar-refractivity contribution in [3.05, 3.63) is 76.6 Å². The van der Waals surface area contributed by atoms with Gasteiger partial charge in [0.25, 0.3) is 5.91 Å². The fourth-order valence-electron chi connectivity index (χ4n) is 6.95. The van der Waals surface area contributed by atoms with Crippen molar-refractivity contribution in [2.24, 2.45) is 11.8 Å². The first-order valence-electron chi connectivity index (χ1n) is 14.9. The zero-order valence-corrected chi connectivity index (χ0v) is 25.7. The van der Waals surface area contributed by atoms with E-state index >= 15 is 0 Å². The number of nitrogens with zero attached hydrogens (tertiary/aromatic N) is 3. The van der Waals surface area contributed by atoms with Gasteiger partial charge in [0.1, 0.15) is 0 Å². The number of fused-ring (bicyclic) bond motifs is 4. The molecule has 0 spiro atoms. The fourth-order valence-corrected chi connectivity index (χ4v) is 6.95. The molecule has 0 unspecified atom stereocenters. The molecule has 1 saturated heterocycles. The Morgan fingerprint density at radius 1 is 0.872 bits per heavy atom. The molecule has 0 radical (unpaired) electrons. The summed E-state index contributed by atoms with van der Waals surface area (Å²) in [6, 6.07) is 12.4. The van der Waals surface area contributed by atoms with Crippen LogP contribution in [0.5, 0.6) is 40.2 Å². The van der Waals surface area contributed by atoms with E-state index in [1.54, 1.807) is 10.9 Å². The van der Waals surface area contributed by atoms with Crippen LogP contribution in [-0.2, 0) is 16.1 Å². The maximum absolute atomic E-state index is 13.7. The van der Waals surface area contributed by atoms with Crippen molar-refractivity contribution in [2.45, 2.75) is 18.5 Å². The first-order valence-corrected chi connectivity index (χ1v) is 14.9. The molecule has 4 heterocycles. The van der Waals surface area contributed by atoms with E-state index < -0.39 is 29.7 Å². The van der Waals surface area contributed by atoms with Gasteiger partial charge in [-0.05, 0) is 58.7 Å². The Hall–Kier alpha value is -5.66. The standard InChI is InChI=1S/C33H30N4O10/c1-40-26-7-17(8-27(41-2)31(26)42-3)28-18-9-24-25(47-15-46-24)10-19(18)30(20-13-43-33(39)29(20)28)34-32(38)21-12-37(36-35-21)11-16-4-5-22-23(6-16)45-14-44-22/h4-10,12,20,28-30H,11,13-15H2,1-3H3,(H,34,38)/t20-,28+,29-,30-/m0/s1. The molecule has 1 amide bonds. The van der Waals surface area contributed by atoms with Gasteiger partial charge in [0, 0.05) is 11.8 Å². The molecule has 1 N–H and O–H groups in total. The topological polar surface area (TPSA) is 151 Å². The monoisotopic (exact) mass is 642 g/mol. The Kier molecular flexibility index (Phi) is 6.92. The number of ether oxygens (including phenoxy) is 8. The third kappa shape index (κ3) is 4.78. The maximum Gasteiger partial charge on any atom is 0.310 e. The highest BCUT2D eigenvalue weighted by molar-refractivity contribution is 5.92. The predicted octanol–water partition coefficient (Wildman–Crippen LogP) is 3.22. The number of esters is 1. The molecule has 14 nitrogen and oxygen atoms in total. The van der Waals surface area contributed by atoms with Crippen molar-refractivity contribution in [1.82, 2.24) is 20.3 Å². The quantitative estimate of drug-likeness (QED) is 0.281. The van der Waals surface area contributed by atoms with Gasteiger partial charge in [-0.15, -0.1) is 5.10 Å². The van der Waals surface area contributed by atoms with Gasteiger partial charge in [0.2, 0.25) is 19.3 Å². The molecule has 1 aliphatic carbocycles. The maximum atomic E-state index is 13.7. The second-order valence-electron chi connectivity index (χ2n) is 11.5. The summed E-state index contributed by atoms with van der Waals surface area (Å²) in [5, 5.41) is 11.4. The molecule has 0 saturated carbocycles. The highest BCUT2D eigenvalue weighted by Gasteiger charge is 2.53. The van der Waals surface area contributed by atoms with Crippen LogP contribution in [-0.4, -0.2) is 68.4 Å². The lowest BCUT2D eigenvalue weighted by atomic mass is 9.65. The summed E-state index contributed by atoms with van der Waals surface area (Å²) in [6.07, 6.45) is 1.58. The molecule has 14 heteroatoms. The molecule has 242 valence electrons. The van der Waals surface area contributed by atoms with Crippen molar-refractivity contribution in [1.29, 1.82) is 0 Å². The van der Waals surface area contributed by atoms with Gasteiger partial charge in [0.05, 0.1) is 52.6 Å². The van der Waals surface area contributed by atoms with Crippen molar-refractivity contribution >= 4 is 11.9 Å². The first kappa shape index (κ1) is 28.8. The van der Waals surface area contributed by atoms with Crippen LogP contribution in [0.15, 0.2) is 48.7 Å². The number of rotatable bonds is 8. The second kappa shape index (κ2) is 11.3. The van der Waals surface area contributed by atoms with E-state index in [1.165, 1.54) is 21.3 Å². The van der Waals surface area contributed by atoms with Crippen molar-refractivity contribution < 1.29 is 47.5 Å². The van der Waals surface area contributed by atoms with E-state index in [-0.39, 0.29) is 31.9 Å². The molecule has 8 rings (SSSR count). The molecule has 47 heavy (non-hydrogen) atoms. The lowest BCUT2D eigenvalue weighted by Crippen LogP contribution is -2.43. The van der Waals surface area contributed by atoms with E-state index in [2.05, 4.69) is 15.6 Å². The summed E-state index contributed by atoms with van der Waals surface area (Å²) in [5.74, 6) is 1.42. The van der Waals surface area contributed by atoms with Crippen LogP contribution < -0.4 is 38.5 Å². The minimum absolute atomic E-state index is 0.0610. The fraction of sp³-hybridized carbons (Fsp3) is 0.333. The number of methoxy groups -OCH3 is 3. The molecule has 4 aromatic rings. The third-order valence-corrected chi connectivity index (χ3v) is 9.07. The van der Waals surface area contributed by atoms with Gasteiger partial charge in [-0.25, -0.2) is 4.68 Å². The molecular weight excluding hydrogens is 612 g/mol. The normalized spacial score (nSPS) is 21.5. The minimum Gasteiger partial charge on any atom is -0.493 e. The van der Waals surface area contributed by atoms with Crippen molar-refractivity contribution in [3.8, 4) is 40.2 Å². The van der Waals surface area contributed by atoms with Crippen molar-refractivity contribution in [3.63, 3.8) is 0 Å². The van der Waals surface area contributed by atoms with E-state index in [0.29, 0.717) is 46.8 Å². The number of hydrogen-bond acceptors (Lipinski definition) is 12. The number of carbonyl (C=O) groups is 2. The SMILES string of the molecule is COc1cc([C@@H]2c3cc4c(cc3[C@H](NC(=O)c3cn(Cc5ccc6c(c5)OCO6)nn3)[C@H]3COC(=O)[C@H]23)OCO4)cc(OC)c1OC. The zero-order chi connectivity index (χ0) is 32.2. The van der Waals surface area contributed by atoms with Gasteiger partial charge in [0.15, 0.2) is 40.2 Å². The largest absolute Gasteiger partial charge is 0.493 e. The van der Waals surface area contributed by atoms with Gasteiger partial charge in [-0.2, -0.15) is 0 Å². The first-order chi connectivity index (χ1) is 22.9. The number of benzene rings is 3. The van der Waals surface area contributed by atoms with Gasteiger partial charge < -0.3 is 43.2 Å². The van der Waals surface area contributed by atoms with E-state index in [1.807, 2.05) is 42.5 Å². The summed E-state index contributed by atoms with van der Waals surface area (Å²) in [6.45, 7) is 0.724. The second-order valence-corrected chi connectivity index (χ2v) is 11.5. The van der Waals surface area contributed by atoms with Gasteiger partial charge in [-0.1, -0.05) is 11.3 Å². The lowest BCUT2D eigenvalue weighted by Gasteiger charge is -2.39. The van der Waals surface area contributed by atoms with Gasteiger partial charge >= 0.3 is 5.97 Å². The summed E-state index contributed by atoms with van der Waals surface area (Å²) in [4.78, 5) is 27.2. The molecule has 3 aliphatic heterocycles. The van der Waals surface area contributed by atoms with E-state index in [9.17, 15) is 9.59 Å². The summed E-state index contributed by atoms with van der Waals surface area (Å²) >= 11 is 0. The highest BCUT2D eigenvalue weighted by atomic mass is 16.7. The zero-order valence-electron chi connectivity index (χ0n) is 25.7. The minimum atomic E-state index is -0.641. The molecule has 3 aromatic carbocycles. The molecule has 0 bridgehead atoms. The van der Waals surface area contributed by atoms with E-state index in [4.69, 9.17) is 37.9 Å². The summed E-state index contributed by atoms with van der Waals surface area (Å²) in [7, 11) is 4.61. The van der Waals surface area contributed by atoms with Gasteiger partial charge in [-0.3, -0.25) is 9.59 Å². The van der Waals surface area contributed by atoms with Crippen LogP contribution in [0.3, 0.4) is 0 Å². The Balaban J connectivity index is 1.15. The number of nitrogens with one attached hydrogen (secondary N) is 1. The average Bonchev–Trinajstić information content (AvgIpc) is 3.91. The molecule has 4 aliphatic rings. The highest BCUT2D eigenvalue weighted by Crippen LogP contribution is 2.55. The molecule has 1 fully saturated rings. The lowest BCUT2D eigenvalue weighted by molar-refractivity contribution is -0.141. The van der Waals surface area contributed by atoms with Crippen LogP contribution in [0.2, 0.25) is 0 Å². The summed E-state index contributed by atoms with van der Waals surface area (Å²) in [5.41, 5.74) is 3.34. The molecule has 4 atom stereocenters. The third-order valence-electron chi connectivity index (χ3n) is 9.07. The number of amides is 1. The number of aromatic nitrogens is 3. The Bertz CT molecular complexity index is 1880. The average molecular weight is 643 g/mol. The number of hydrogen-bond donors (Lipinski definition) is 1. The summed E-state index contributed by atoms with van der Waals surface area (Å²) < 4.78 is 46.4. The van der Waals surface area contributed by atoms with Crippen LogP contribution in [0.1, 0.15) is 44.7 Å². The van der Waals surface area contributed by atoms with Crippen LogP contribution in [0.4, 0.5) is 0 Å². The molecular formula is C33H30N4O10. The Morgan fingerprint density at radius 3 is 2.26 bits per heavy atom. The number of carbonyl (C=O) groups excluding carboxylic acids is 2. The Labute approximate surface area is 268 Å². The van der Waals surface area contributed by atoms with Crippen LogP contribution >= 0.6 is 0 Å². The van der Waals surface area contributed by atoms with Crippen LogP contribution in [0, 0.1) is 11.8 Å². The number of cyclic esters (lactones) is 1. The molecule has 1 aromatic heterocycles. The van der Waals surface area contributed by atoms with Crippen molar-refractivity contribution in [2.75, 3.05) is 41.5 Å². The van der Waals surface area contributed by atoms with Crippen LogP contribution in [0.25, 0.3) is 0 Å². The predicted molar refractivity (Wildman–Crippen MR) is 160 cm³/mol. The smallest absolute Gasteiger partial charge is 0.310 e. The Morgan fingerprint density at radius 2 is 1.55 bits per heavy atom. The van der Waals surface area contributed by atoms with E-state index in [0.717, 1.165) is 22.3 Å².